The predicted molar refractivity (Wildman–Crippen MR) is 259 cm³/mol. The number of amides is 9. The van der Waals surface area contributed by atoms with Crippen LogP contribution in [0.15, 0.2) is 97.0 Å². The predicted octanol–water partition coefficient (Wildman–Crippen LogP) is -0.0606. The molecule has 0 radical (unpaired) electrons. The van der Waals surface area contributed by atoms with Crippen LogP contribution in [0.3, 0.4) is 0 Å². The van der Waals surface area contributed by atoms with Crippen LogP contribution in [0.25, 0.3) is 27.9 Å². The molecule has 5 aromatic rings. The SMILES string of the molecule is CC(=O)N[C@@H](C)C(=O)N[C@@H](CO)C(=O)NC(CC(C)C)C(=O)N[C@@H](Cc1c[nH]c2ccccc12)C(=O)N[C@@H](CC(N)=O)C(=O)N[C@@H](Cc1c[nH]c2ccccc12)C(=O)N/C(=C/c1ccccc1)C(N)=O. The number of aliphatic hydroxyl groups is 1. The van der Waals surface area contributed by atoms with E-state index >= 15 is 0 Å². The number of carbonyl (C=O) groups excluding carboxylic acids is 9. The first kappa shape index (κ1) is 52.6. The first-order chi connectivity index (χ1) is 33.3. The first-order valence-electron chi connectivity index (χ1n) is 22.5. The van der Waals surface area contributed by atoms with Crippen molar-refractivity contribution in [3.05, 3.63) is 114 Å². The molecule has 21 heteroatoms. The third kappa shape index (κ3) is 14.8. The van der Waals surface area contributed by atoms with Gasteiger partial charge in [0.25, 0.3) is 5.91 Å². The number of aliphatic hydroxyl groups excluding tert-OH is 1. The van der Waals surface area contributed by atoms with Gasteiger partial charge in [-0.2, -0.15) is 0 Å². The lowest BCUT2D eigenvalue weighted by molar-refractivity contribution is -0.136. The smallest absolute Gasteiger partial charge is 0.265 e. The highest BCUT2D eigenvalue weighted by atomic mass is 16.3. The summed E-state index contributed by atoms with van der Waals surface area (Å²) < 4.78 is 0. The van der Waals surface area contributed by atoms with Gasteiger partial charge in [-0.05, 0) is 54.2 Å². The van der Waals surface area contributed by atoms with Crippen molar-refractivity contribution in [1.82, 2.24) is 47.2 Å². The molecular weight excluding hydrogens is 903 g/mol. The normalized spacial score (nSPS) is 14.0. The number of fused-ring (bicyclic) bond motifs is 2. The number of aromatic nitrogens is 2. The summed E-state index contributed by atoms with van der Waals surface area (Å²) in [5, 5.41) is 29.1. The third-order valence-electron chi connectivity index (χ3n) is 11.1. The van der Waals surface area contributed by atoms with E-state index in [1.165, 1.54) is 19.9 Å². The van der Waals surface area contributed by atoms with Gasteiger partial charge < -0.3 is 63.8 Å². The van der Waals surface area contributed by atoms with Crippen LogP contribution < -0.4 is 48.7 Å². The molecule has 2 aromatic heterocycles. The summed E-state index contributed by atoms with van der Waals surface area (Å²) in [6, 6.07) is 14.3. The van der Waals surface area contributed by atoms with Crippen molar-refractivity contribution in [2.45, 2.75) is 89.6 Å². The fourth-order valence-electron chi connectivity index (χ4n) is 7.63. The molecule has 0 aliphatic rings. The number of aromatic amines is 2. The minimum atomic E-state index is -1.72. The van der Waals surface area contributed by atoms with Crippen molar-refractivity contribution in [3.8, 4) is 0 Å². The number of carbonyl (C=O) groups is 9. The van der Waals surface area contributed by atoms with Crippen LogP contribution in [0.1, 0.15) is 57.2 Å². The molecule has 9 amide bonds. The number of para-hydroxylation sites is 2. The van der Waals surface area contributed by atoms with Gasteiger partial charge >= 0.3 is 0 Å². The molecule has 0 saturated carbocycles. The molecule has 21 nitrogen and oxygen atoms in total. The number of benzene rings is 3. The Morgan fingerprint density at radius 3 is 1.54 bits per heavy atom. The molecule has 1 unspecified atom stereocenters. The molecule has 14 N–H and O–H groups in total. The number of nitrogens with one attached hydrogen (secondary N) is 9. The molecule has 0 saturated heterocycles. The van der Waals surface area contributed by atoms with Gasteiger partial charge in [0.15, 0.2) is 0 Å². The molecule has 2 heterocycles. The Morgan fingerprint density at radius 1 is 0.571 bits per heavy atom. The second kappa shape index (κ2) is 24.6. The largest absolute Gasteiger partial charge is 0.394 e. The fourth-order valence-corrected chi connectivity index (χ4v) is 7.63. The fraction of sp³-hybridized carbons (Fsp3) is 0.327. The van der Waals surface area contributed by atoms with Gasteiger partial charge in [-0.3, -0.25) is 43.2 Å². The summed E-state index contributed by atoms with van der Waals surface area (Å²) in [5.41, 5.74) is 14.1. The highest BCUT2D eigenvalue weighted by Gasteiger charge is 2.35. The summed E-state index contributed by atoms with van der Waals surface area (Å²) in [7, 11) is 0. The van der Waals surface area contributed by atoms with Crippen molar-refractivity contribution in [1.29, 1.82) is 0 Å². The Labute approximate surface area is 402 Å². The van der Waals surface area contributed by atoms with E-state index in [0.717, 1.165) is 10.9 Å². The Bertz CT molecular complexity index is 2750. The quantitative estimate of drug-likeness (QED) is 0.0366. The van der Waals surface area contributed by atoms with Gasteiger partial charge in [0.1, 0.15) is 41.9 Å². The minimum absolute atomic E-state index is 0.0258. The third-order valence-corrected chi connectivity index (χ3v) is 11.1. The Morgan fingerprint density at radius 2 is 1.03 bits per heavy atom. The van der Waals surface area contributed by atoms with Gasteiger partial charge in [0.2, 0.25) is 47.3 Å². The lowest BCUT2D eigenvalue weighted by atomic mass is 10.00. The number of H-pyrrole nitrogens is 2. The molecular formula is C49H59N11O10. The van der Waals surface area contributed by atoms with E-state index in [1.807, 2.05) is 12.1 Å². The second-order valence-corrected chi connectivity index (χ2v) is 17.2. The lowest BCUT2D eigenvalue weighted by Crippen LogP contribution is -2.61. The Hall–Kier alpha value is -8.33. The second-order valence-electron chi connectivity index (χ2n) is 17.2. The van der Waals surface area contributed by atoms with Gasteiger partial charge in [-0.15, -0.1) is 0 Å². The van der Waals surface area contributed by atoms with Crippen molar-refractivity contribution in [2.24, 2.45) is 17.4 Å². The number of hydrogen-bond acceptors (Lipinski definition) is 10. The van der Waals surface area contributed by atoms with Crippen molar-refractivity contribution in [3.63, 3.8) is 0 Å². The summed E-state index contributed by atoms with van der Waals surface area (Å²) in [6.07, 6.45) is 3.59. The molecule has 70 heavy (non-hydrogen) atoms. The first-order valence-corrected chi connectivity index (χ1v) is 22.5. The van der Waals surface area contributed by atoms with Crippen LogP contribution >= 0.6 is 0 Å². The van der Waals surface area contributed by atoms with Crippen LogP contribution in [0.4, 0.5) is 0 Å². The molecule has 0 spiro atoms. The van der Waals surface area contributed by atoms with E-state index in [2.05, 4.69) is 47.2 Å². The van der Waals surface area contributed by atoms with Crippen molar-refractivity contribution in [2.75, 3.05) is 6.61 Å². The van der Waals surface area contributed by atoms with Crippen molar-refractivity contribution >= 4 is 81.0 Å². The van der Waals surface area contributed by atoms with Crippen LogP contribution in [0.2, 0.25) is 0 Å². The van der Waals surface area contributed by atoms with Gasteiger partial charge in [0.05, 0.1) is 13.0 Å². The standard InChI is InChI=1S/C49H59N11O10/c1-26(2)18-37(56-49(70)41(25-61)60-44(65)27(3)54-28(4)62)45(66)57-39(21-31-24-53-35-17-11-9-15-33(31)35)47(68)59-40(22-42(50)63)48(69)58-38(20-30-23-52-34-16-10-8-14-32(30)34)46(67)55-36(43(51)64)19-29-12-6-5-7-13-29/h5-17,19,23-24,26-27,37-41,52-53,61H,18,20-22,25H2,1-4H3,(H2,50,63)(H2,51,64)(H,54,62)(H,55,67)(H,56,70)(H,57,66)(H,58,69)(H,59,68)(H,60,65)/b36-19+/t27-,37?,38-,39-,40-,41-/m0/s1. The number of rotatable bonds is 24. The zero-order valence-corrected chi connectivity index (χ0v) is 39.1. The summed E-state index contributed by atoms with van der Waals surface area (Å²) >= 11 is 0. The van der Waals surface area contributed by atoms with Crippen molar-refractivity contribution < 1.29 is 48.3 Å². The maximum absolute atomic E-state index is 14.5. The molecule has 0 aliphatic carbocycles. The Balaban J connectivity index is 1.44. The number of hydrogen-bond donors (Lipinski definition) is 12. The lowest BCUT2D eigenvalue weighted by Gasteiger charge is -2.27. The van der Waals surface area contributed by atoms with Crippen LogP contribution in [0.5, 0.6) is 0 Å². The topological polar surface area (TPSA) is 342 Å². The molecule has 0 fully saturated rings. The maximum atomic E-state index is 14.5. The average Bonchev–Trinajstić information content (AvgIpc) is 3.92. The highest BCUT2D eigenvalue weighted by molar-refractivity contribution is 6.03. The van der Waals surface area contributed by atoms with E-state index in [9.17, 15) is 48.3 Å². The molecule has 3 aromatic carbocycles. The van der Waals surface area contributed by atoms with Gasteiger partial charge in [-0.1, -0.05) is 80.6 Å². The summed E-state index contributed by atoms with van der Waals surface area (Å²) in [5.74, 6) is -8.11. The zero-order valence-electron chi connectivity index (χ0n) is 39.1. The average molecular weight is 962 g/mol. The monoisotopic (exact) mass is 961 g/mol. The number of nitrogens with two attached hydrogens (primary N) is 2. The molecule has 0 aliphatic heterocycles. The molecule has 6 atom stereocenters. The molecule has 0 bridgehead atoms. The summed E-state index contributed by atoms with van der Waals surface area (Å²) in [4.78, 5) is 126. The van der Waals surface area contributed by atoms with Crippen LogP contribution in [-0.4, -0.2) is 111 Å². The van der Waals surface area contributed by atoms with Crippen LogP contribution in [0, 0.1) is 5.92 Å². The van der Waals surface area contributed by atoms with E-state index in [1.54, 1.807) is 93.0 Å². The van der Waals surface area contributed by atoms with Crippen LogP contribution in [-0.2, 0) is 56.0 Å². The number of primary amides is 2. The summed E-state index contributed by atoms with van der Waals surface area (Å²) in [6.45, 7) is 5.26. The molecule has 5 rings (SSSR count). The van der Waals surface area contributed by atoms with Gasteiger partial charge in [0, 0.05) is 54.0 Å². The van der Waals surface area contributed by atoms with E-state index in [0.29, 0.717) is 27.6 Å². The molecule has 370 valence electrons. The minimum Gasteiger partial charge on any atom is -0.394 e. The Kier molecular flexibility index (Phi) is 18.5. The van der Waals surface area contributed by atoms with E-state index in [-0.39, 0.29) is 30.9 Å². The van der Waals surface area contributed by atoms with Gasteiger partial charge in [-0.25, -0.2) is 0 Å². The van der Waals surface area contributed by atoms with E-state index < -0.39 is 102 Å². The van der Waals surface area contributed by atoms with E-state index in [4.69, 9.17) is 11.5 Å². The highest BCUT2D eigenvalue weighted by Crippen LogP contribution is 2.21. The maximum Gasteiger partial charge on any atom is 0.265 e. The zero-order chi connectivity index (χ0) is 51.1.